The second-order valence-electron chi connectivity index (χ2n) is 4.58. The molecule has 1 aromatic heterocycles. The van der Waals surface area contributed by atoms with E-state index in [-0.39, 0.29) is 18.2 Å². The predicted molar refractivity (Wildman–Crippen MR) is 89.5 cm³/mol. The number of imidazole rings is 1. The van der Waals surface area contributed by atoms with Gasteiger partial charge in [-0.25, -0.2) is 4.98 Å². The first-order chi connectivity index (χ1) is 9.88. The molecule has 0 aliphatic rings. The highest BCUT2D eigenvalue weighted by atomic mass is 127. The molecule has 0 saturated heterocycles. The third-order valence-electron chi connectivity index (χ3n) is 2.79. The molecule has 6 nitrogen and oxygen atoms in total. The highest BCUT2D eigenvalue weighted by Crippen LogP contribution is 2.25. The number of amides is 1. The van der Waals surface area contributed by atoms with Crippen molar-refractivity contribution in [3.63, 3.8) is 0 Å². The lowest BCUT2D eigenvalue weighted by Gasteiger charge is -2.13. The van der Waals surface area contributed by atoms with Crippen LogP contribution in [0.4, 0.5) is 0 Å². The Kier molecular flexibility index (Phi) is 5.09. The smallest absolute Gasteiger partial charge is 0.313 e. The van der Waals surface area contributed by atoms with E-state index in [1.807, 2.05) is 18.2 Å². The van der Waals surface area contributed by atoms with E-state index in [0.717, 1.165) is 26.4 Å². The van der Waals surface area contributed by atoms with E-state index in [9.17, 15) is 9.59 Å². The number of carboxylic acids is 1. The summed E-state index contributed by atoms with van der Waals surface area (Å²) >= 11 is 3.31. The SMILES string of the molecule is CN(C)C(=O)Cn1c(SCC(=O)O)nc2cc(I)ccc21. The van der Waals surface area contributed by atoms with E-state index in [2.05, 4.69) is 27.6 Å². The number of rotatable bonds is 5. The number of aliphatic carboxylic acids is 1. The molecule has 1 amide bonds. The van der Waals surface area contributed by atoms with Gasteiger partial charge in [-0.15, -0.1) is 0 Å². The van der Waals surface area contributed by atoms with E-state index in [4.69, 9.17) is 5.11 Å². The first kappa shape index (κ1) is 16.1. The summed E-state index contributed by atoms with van der Waals surface area (Å²) in [4.78, 5) is 28.7. The van der Waals surface area contributed by atoms with Gasteiger partial charge in [-0.1, -0.05) is 11.8 Å². The van der Waals surface area contributed by atoms with E-state index in [1.54, 1.807) is 18.7 Å². The van der Waals surface area contributed by atoms with Crippen molar-refractivity contribution in [2.24, 2.45) is 0 Å². The van der Waals surface area contributed by atoms with E-state index >= 15 is 0 Å². The van der Waals surface area contributed by atoms with E-state index in [1.165, 1.54) is 4.90 Å². The molecule has 1 aromatic carbocycles. The Balaban J connectivity index is 2.44. The molecule has 0 bridgehead atoms. The van der Waals surface area contributed by atoms with Crippen molar-refractivity contribution in [3.05, 3.63) is 21.8 Å². The van der Waals surface area contributed by atoms with Gasteiger partial charge in [0.15, 0.2) is 5.16 Å². The second-order valence-corrected chi connectivity index (χ2v) is 6.77. The first-order valence-electron chi connectivity index (χ1n) is 6.09. The molecule has 0 unspecified atom stereocenters. The van der Waals surface area contributed by atoms with Crippen LogP contribution in [0.1, 0.15) is 0 Å². The topological polar surface area (TPSA) is 75.4 Å². The third kappa shape index (κ3) is 3.88. The van der Waals surface area contributed by atoms with E-state index in [0.29, 0.717) is 5.16 Å². The van der Waals surface area contributed by atoms with Crippen LogP contribution in [0.25, 0.3) is 11.0 Å². The largest absolute Gasteiger partial charge is 0.481 e. The molecule has 0 atom stereocenters. The van der Waals surface area contributed by atoms with Crippen LogP contribution in [0.3, 0.4) is 0 Å². The summed E-state index contributed by atoms with van der Waals surface area (Å²) in [6.07, 6.45) is 0. The lowest BCUT2D eigenvalue weighted by molar-refractivity contribution is -0.134. The van der Waals surface area contributed by atoms with Crippen molar-refractivity contribution >= 4 is 57.3 Å². The average Bonchev–Trinajstić information content (AvgIpc) is 2.73. The number of carbonyl (C=O) groups is 2. The molecule has 0 spiro atoms. The predicted octanol–water partition coefficient (Wildman–Crippen LogP) is 1.91. The molecule has 21 heavy (non-hydrogen) atoms. The molecule has 2 rings (SSSR count). The fourth-order valence-electron chi connectivity index (χ4n) is 1.75. The second kappa shape index (κ2) is 6.65. The van der Waals surface area contributed by atoms with Gasteiger partial charge in [-0.05, 0) is 40.8 Å². The zero-order chi connectivity index (χ0) is 15.6. The molecule has 112 valence electrons. The summed E-state index contributed by atoms with van der Waals surface area (Å²) < 4.78 is 2.81. The number of hydrogen-bond donors (Lipinski definition) is 1. The summed E-state index contributed by atoms with van der Waals surface area (Å²) in [6.45, 7) is 0.145. The van der Waals surface area contributed by atoms with Crippen molar-refractivity contribution < 1.29 is 14.7 Å². The minimum absolute atomic E-state index is 0.0648. The van der Waals surface area contributed by atoms with Crippen molar-refractivity contribution in [2.75, 3.05) is 19.8 Å². The highest BCUT2D eigenvalue weighted by Gasteiger charge is 2.16. The molecule has 1 N–H and O–H groups in total. The lowest BCUT2D eigenvalue weighted by Crippen LogP contribution is -2.26. The van der Waals surface area contributed by atoms with Crippen LogP contribution in [0.2, 0.25) is 0 Å². The molecular weight excluding hydrogens is 405 g/mol. The van der Waals surface area contributed by atoms with Gasteiger partial charge < -0.3 is 14.6 Å². The summed E-state index contributed by atoms with van der Waals surface area (Å²) in [7, 11) is 3.38. The van der Waals surface area contributed by atoms with Gasteiger partial charge in [-0.3, -0.25) is 9.59 Å². The summed E-state index contributed by atoms with van der Waals surface area (Å²) in [5, 5.41) is 9.37. The molecule has 0 saturated carbocycles. The maximum atomic E-state index is 12.0. The summed E-state index contributed by atoms with van der Waals surface area (Å²) in [6, 6.07) is 5.75. The zero-order valence-corrected chi connectivity index (χ0v) is 14.5. The van der Waals surface area contributed by atoms with Crippen molar-refractivity contribution in [2.45, 2.75) is 11.7 Å². The Hall–Kier alpha value is -1.29. The molecular formula is C13H14IN3O3S. The third-order valence-corrected chi connectivity index (χ3v) is 4.42. The minimum atomic E-state index is -0.910. The number of carboxylic acid groups (broad SMARTS) is 1. The molecule has 0 radical (unpaired) electrons. The summed E-state index contributed by atoms with van der Waals surface area (Å²) in [5.41, 5.74) is 1.60. The lowest BCUT2D eigenvalue weighted by atomic mass is 10.3. The number of nitrogens with zero attached hydrogens (tertiary/aromatic N) is 3. The normalized spacial score (nSPS) is 10.8. The van der Waals surface area contributed by atoms with Gasteiger partial charge in [0.05, 0.1) is 16.8 Å². The maximum Gasteiger partial charge on any atom is 0.313 e. The molecule has 0 aliphatic carbocycles. The van der Waals surface area contributed by atoms with Crippen LogP contribution in [0.15, 0.2) is 23.4 Å². The van der Waals surface area contributed by atoms with Crippen LogP contribution in [0.5, 0.6) is 0 Å². The van der Waals surface area contributed by atoms with Gasteiger partial charge in [0.25, 0.3) is 0 Å². The Morgan fingerprint density at radius 2 is 2.14 bits per heavy atom. The number of thioether (sulfide) groups is 1. The average molecular weight is 419 g/mol. The Morgan fingerprint density at radius 3 is 2.76 bits per heavy atom. The minimum Gasteiger partial charge on any atom is -0.481 e. The molecule has 2 aromatic rings. The van der Waals surface area contributed by atoms with E-state index < -0.39 is 5.97 Å². The van der Waals surface area contributed by atoms with Gasteiger partial charge >= 0.3 is 5.97 Å². The number of fused-ring (bicyclic) bond motifs is 1. The number of aromatic nitrogens is 2. The van der Waals surface area contributed by atoms with Gasteiger partial charge in [0.1, 0.15) is 6.54 Å². The molecule has 1 heterocycles. The van der Waals surface area contributed by atoms with Crippen LogP contribution >= 0.6 is 34.4 Å². The molecule has 0 aliphatic heterocycles. The highest BCUT2D eigenvalue weighted by molar-refractivity contribution is 14.1. The Bertz CT molecular complexity index is 699. The quantitative estimate of drug-likeness (QED) is 0.592. The number of carbonyl (C=O) groups excluding carboxylic acids is 1. The van der Waals surface area contributed by atoms with Gasteiger partial charge in [0, 0.05) is 17.7 Å². The molecule has 8 heteroatoms. The van der Waals surface area contributed by atoms with Crippen LogP contribution in [0, 0.1) is 3.57 Å². The number of benzene rings is 1. The van der Waals surface area contributed by atoms with Crippen molar-refractivity contribution in [3.8, 4) is 0 Å². The summed E-state index contributed by atoms with van der Waals surface area (Å²) in [5.74, 6) is -1.06. The van der Waals surface area contributed by atoms with Crippen molar-refractivity contribution in [1.82, 2.24) is 14.5 Å². The fraction of sp³-hybridized carbons (Fsp3) is 0.308. The maximum absolute atomic E-state index is 12.0. The number of halogens is 1. The Labute approximate surface area is 139 Å². The number of hydrogen-bond acceptors (Lipinski definition) is 4. The van der Waals surface area contributed by atoms with Crippen LogP contribution in [-0.2, 0) is 16.1 Å². The first-order valence-corrected chi connectivity index (χ1v) is 8.15. The van der Waals surface area contributed by atoms with Crippen LogP contribution < -0.4 is 0 Å². The van der Waals surface area contributed by atoms with Crippen molar-refractivity contribution in [1.29, 1.82) is 0 Å². The Morgan fingerprint density at radius 1 is 1.43 bits per heavy atom. The molecule has 0 fully saturated rings. The standard InChI is InChI=1S/C13H14IN3O3S/c1-16(2)11(18)6-17-10-4-3-8(14)5-9(10)15-13(17)21-7-12(19)20/h3-5H,6-7H2,1-2H3,(H,19,20). The number of likely N-dealkylation sites (N-methyl/N-ethyl adjacent to an activating group) is 1. The van der Waals surface area contributed by atoms with Crippen LogP contribution in [-0.4, -0.2) is 51.3 Å². The monoisotopic (exact) mass is 419 g/mol. The zero-order valence-electron chi connectivity index (χ0n) is 11.5. The fourth-order valence-corrected chi connectivity index (χ4v) is 2.96. The van der Waals surface area contributed by atoms with Gasteiger partial charge in [0.2, 0.25) is 5.91 Å². The van der Waals surface area contributed by atoms with Gasteiger partial charge in [-0.2, -0.15) is 0 Å².